The lowest BCUT2D eigenvalue weighted by atomic mass is 10.1. The topological polar surface area (TPSA) is 77.6 Å². The average Bonchev–Trinajstić information content (AvgIpc) is 2.68. The van der Waals surface area contributed by atoms with E-state index in [1.54, 1.807) is 36.7 Å². The molecule has 0 aliphatic carbocycles. The van der Waals surface area contributed by atoms with Crippen LogP contribution in [0.25, 0.3) is 0 Å². The summed E-state index contributed by atoms with van der Waals surface area (Å²) < 4.78 is 0. The summed E-state index contributed by atoms with van der Waals surface area (Å²) in [5.41, 5.74) is 2.43. The van der Waals surface area contributed by atoms with Gasteiger partial charge in [-0.1, -0.05) is 6.07 Å². The summed E-state index contributed by atoms with van der Waals surface area (Å²) in [6.07, 6.45) is 3.61. The van der Waals surface area contributed by atoms with Crippen LogP contribution in [0.15, 0.2) is 48.8 Å². The number of hydrogen-bond acceptors (Lipinski definition) is 4. The fraction of sp³-hybridized carbons (Fsp3) is 0.381. The summed E-state index contributed by atoms with van der Waals surface area (Å²) in [6.45, 7) is 7.72. The fourth-order valence-corrected chi connectivity index (χ4v) is 3.20. The molecule has 0 atom stereocenters. The van der Waals surface area contributed by atoms with Gasteiger partial charge in [-0.25, -0.2) is 4.79 Å². The van der Waals surface area contributed by atoms with Gasteiger partial charge in [0.05, 0.1) is 0 Å². The summed E-state index contributed by atoms with van der Waals surface area (Å²) in [6, 6.07) is 10.9. The zero-order valence-corrected chi connectivity index (χ0v) is 16.4. The number of amides is 3. The Morgan fingerprint density at radius 1 is 1.07 bits per heavy atom. The molecular weight excluding hydrogens is 354 g/mol. The van der Waals surface area contributed by atoms with Crippen molar-refractivity contribution in [1.82, 2.24) is 20.1 Å². The SMILES string of the molecule is CC(C)NC(=O)Nc1cccc(C(=O)N2CCN(Cc3ccncc3)CC2)c1. The van der Waals surface area contributed by atoms with Gasteiger partial charge in [0.2, 0.25) is 0 Å². The molecule has 7 heteroatoms. The molecule has 3 amide bonds. The molecule has 148 valence electrons. The van der Waals surface area contributed by atoms with Crippen LogP contribution < -0.4 is 10.6 Å². The Labute approximate surface area is 165 Å². The van der Waals surface area contributed by atoms with Gasteiger partial charge in [0.25, 0.3) is 5.91 Å². The minimum Gasteiger partial charge on any atom is -0.336 e. The summed E-state index contributed by atoms with van der Waals surface area (Å²) >= 11 is 0. The zero-order chi connectivity index (χ0) is 19.9. The van der Waals surface area contributed by atoms with Crippen molar-refractivity contribution < 1.29 is 9.59 Å². The molecule has 0 radical (unpaired) electrons. The van der Waals surface area contributed by atoms with Gasteiger partial charge in [-0.3, -0.25) is 14.7 Å². The molecule has 0 bridgehead atoms. The van der Waals surface area contributed by atoms with E-state index in [9.17, 15) is 9.59 Å². The number of benzene rings is 1. The molecule has 28 heavy (non-hydrogen) atoms. The lowest BCUT2D eigenvalue weighted by Crippen LogP contribution is -2.48. The Morgan fingerprint density at radius 2 is 1.79 bits per heavy atom. The van der Waals surface area contributed by atoms with Crippen molar-refractivity contribution in [3.63, 3.8) is 0 Å². The minimum absolute atomic E-state index is 0.00326. The monoisotopic (exact) mass is 381 g/mol. The van der Waals surface area contributed by atoms with E-state index in [-0.39, 0.29) is 18.0 Å². The number of hydrogen-bond donors (Lipinski definition) is 2. The second-order valence-electron chi connectivity index (χ2n) is 7.26. The number of aromatic nitrogens is 1. The third kappa shape index (κ3) is 5.53. The van der Waals surface area contributed by atoms with Gasteiger partial charge in [-0.2, -0.15) is 0 Å². The van der Waals surface area contributed by atoms with Crippen molar-refractivity contribution in [2.75, 3.05) is 31.5 Å². The molecule has 1 aliphatic heterocycles. The molecule has 2 N–H and O–H groups in total. The van der Waals surface area contributed by atoms with E-state index in [1.165, 1.54) is 5.56 Å². The van der Waals surface area contributed by atoms with Crippen molar-refractivity contribution in [2.24, 2.45) is 0 Å². The first-order valence-electron chi connectivity index (χ1n) is 9.59. The quantitative estimate of drug-likeness (QED) is 0.835. The normalized spacial score (nSPS) is 14.8. The molecule has 0 unspecified atom stereocenters. The summed E-state index contributed by atoms with van der Waals surface area (Å²) in [5.74, 6) is -0.00326. The lowest BCUT2D eigenvalue weighted by Gasteiger charge is -2.34. The highest BCUT2D eigenvalue weighted by Crippen LogP contribution is 2.15. The number of carbonyl (C=O) groups excluding carboxylic acids is 2. The lowest BCUT2D eigenvalue weighted by molar-refractivity contribution is 0.0628. The largest absolute Gasteiger partial charge is 0.336 e. The Bertz CT molecular complexity index is 801. The molecule has 1 aromatic carbocycles. The third-order valence-corrected chi connectivity index (χ3v) is 4.60. The average molecular weight is 381 g/mol. The van der Waals surface area contributed by atoms with Crippen LogP contribution in [0, 0.1) is 0 Å². The fourth-order valence-electron chi connectivity index (χ4n) is 3.20. The smallest absolute Gasteiger partial charge is 0.319 e. The van der Waals surface area contributed by atoms with Crippen LogP contribution in [0.1, 0.15) is 29.8 Å². The van der Waals surface area contributed by atoms with Gasteiger partial charge in [0, 0.05) is 62.4 Å². The van der Waals surface area contributed by atoms with Crippen molar-refractivity contribution in [1.29, 1.82) is 0 Å². The maximum Gasteiger partial charge on any atom is 0.319 e. The summed E-state index contributed by atoms with van der Waals surface area (Å²) in [7, 11) is 0. The number of rotatable bonds is 5. The first-order valence-corrected chi connectivity index (χ1v) is 9.59. The van der Waals surface area contributed by atoms with Gasteiger partial charge in [0.1, 0.15) is 0 Å². The van der Waals surface area contributed by atoms with Crippen LogP contribution in [0.4, 0.5) is 10.5 Å². The maximum absolute atomic E-state index is 12.9. The van der Waals surface area contributed by atoms with E-state index >= 15 is 0 Å². The summed E-state index contributed by atoms with van der Waals surface area (Å²) in [5, 5.41) is 5.54. The second kappa shape index (κ2) is 9.32. The highest BCUT2D eigenvalue weighted by Gasteiger charge is 2.22. The molecule has 0 spiro atoms. The van der Waals surface area contributed by atoms with Crippen LogP contribution in [0.5, 0.6) is 0 Å². The molecule has 3 rings (SSSR count). The molecule has 1 saturated heterocycles. The number of anilines is 1. The number of pyridine rings is 1. The van der Waals surface area contributed by atoms with E-state index in [4.69, 9.17) is 0 Å². The maximum atomic E-state index is 12.9. The van der Waals surface area contributed by atoms with Crippen LogP contribution in [0.3, 0.4) is 0 Å². The van der Waals surface area contributed by atoms with E-state index in [0.29, 0.717) is 24.3 Å². The predicted octanol–water partition coefficient (Wildman–Crippen LogP) is 2.57. The van der Waals surface area contributed by atoms with Crippen molar-refractivity contribution in [2.45, 2.75) is 26.4 Å². The van der Waals surface area contributed by atoms with Crippen LogP contribution in [0.2, 0.25) is 0 Å². The number of urea groups is 1. The van der Waals surface area contributed by atoms with E-state index in [0.717, 1.165) is 19.6 Å². The van der Waals surface area contributed by atoms with Crippen LogP contribution >= 0.6 is 0 Å². The van der Waals surface area contributed by atoms with Gasteiger partial charge in [-0.15, -0.1) is 0 Å². The van der Waals surface area contributed by atoms with E-state index in [1.807, 2.05) is 30.9 Å². The highest BCUT2D eigenvalue weighted by molar-refractivity contribution is 5.97. The number of nitrogens with one attached hydrogen (secondary N) is 2. The molecule has 1 aromatic heterocycles. The zero-order valence-electron chi connectivity index (χ0n) is 16.4. The van der Waals surface area contributed by atoms with Gasteiger partial charge < -0.3 is 15.5 Å². The Hall–Kier alpha value is -2.93. The first-order chi connectivity index (χ1) is 13.5. The minimum atomic E-state index is -0.274. The van der Waals surface area contributed by atoms with Crippen molar-refractivity contribution in [3.05, 3.63) is 59.9 Å². The van der Waals surface area contributed by atoms with Gasteiger partial charge in [0.15, 0.2) is 0 Å². The van der Waals surface area contributed by atoms with Crippen LogP contribution in [-0.4, -0.2) is 58.9 Å². The Kier molecular flexibility index (Phi) is 6.60. The molecule has 1 fully saturated rings. The van der Waals surface area contributed by atoms with E-state index < -0.39 is 0 Å². The van der Waals surface area contributed by atoms with Gasteiger partial charge >= 0.3 is 6.03 Å². The van der Waals surface area contributed by atoms with Gasteiger partial charge in [-0.05, 0) is 49.7 Å². The van der Waals surface area contributed by atoms with E-state index in [2.05, 4.69) is 20.5 Å². The Morgan fingerprint density at radius 3 is 2.46 bits per heavy atom. The molecule has 7 nitrogen and oxygen atoms in total. The number of piperazine rings is 1. The first kappa shape index (κ1) is 19.8. The molecular formula is C21H27N5O2. The molecule has 2 aromatic rings. The molecule has 2 heterocycles. The highest BCUT2D eigenvalue weighted by atomic mass is 16.2. The number of nitrogens with zero attached hydrogens (tertiary/aromatic N) is 3. The number of carbonyl (C=O) groups is 2. The Balaban J connectivity index is 1.55. The standard InChI is InChI=1S/C21H27N5O2/c1-16(2)23-21(28)24-19-5-3-4-18(14-19)20(27)26-12-10-25(11-13-26)15-17-6-8-22-9-7-17/h3-9,14,16H,10-13,15H2,1-2H3,(H2,23,24,28). The van der Waals surface area contributed by atoms with Crippen molar-refractivity contribution >= 4 is 17.6 Å². The molecule has 0 saturated carbocycles. The third-order valence-electron chi connectivity index (χ3n) is 4.60. The molecule has 1 aliphatic rings. The second-order valence-corrected chi connectivity index (χ2v) is 7.26. The van der Waals surface area contributed by atoms with Crippen LogP contribution in [-0.2, 0) is 6.54 Å². The van der Waals surface area contributed by atoms with Crippen molar-refractivity contribution in [3.8, 4) is 0 Å². The predicted molar refractivity (Wildman–Crippen MR) is 109 cm³/mol. The summed E-state index contributed by atoms with van der Waals surface area (Å²) in [4.78, 5) is 33.0.